The average Bonchev–Trinajstić information content (AvgIpc) is 3.16. The molecule has 0 aliphatic carbocycles. The lowest BCUT2D eigenvalue weighted by atomic mass is 10.1. The Kier molecular flexibility index (Phi) is 5.98. The van der Waals surface area contributed by atoms with Gasteiger partial charge in [0.25, 0.3) is 0 Å². The molecule has 2 aromatic heterocycles. The molecule has 1 atom stereocenters. The molecule has 2 rings (SSSR count). The number of aromatic amines is 1. The van der Waals surface area contributed by atoms with Gasteiger partial charge in [0.1, 0.15) is 5.76 Å². The number of aliphatic hydroxyl groups excluding tert-OH is 1. The van der Waals surface area contributed by atoms with Crippen LogP contribution in [0, 0.1) is 13.8 Å². The van der Waals surface area contributed by atoms with Gasteiger partial charge in [0.15, 0.2) is 0 Å². The van der Waals surface area contributed by atoms with Gasteiger partial charge in [0.05, 0.1) is 31.2 Å². The fourth-order valence-electron chi connectivity index (χ4n) is 2.76. The van der Waals surface area contributed by atoms with E-state index in [1.165, 1.54) is 0 Å². The van der Waals surface area contributed by atoms with E-state index in [9.17, 15) is 9.90 Å². The lowest BCUT2D eigenvalue weighted by Gasteiger charge is -2.29. The Morgan fingerprint density at radius 3 is 2.78 bits per heavy atom. The topological polar surface area (TPSA) is 82.4 Å². The monoisotopic (exact) mass is 319 g/mol. The number of H-pyrrole nitrogens is 1. The number of hydrogen-bond donors (Lipinski definition) is 2. The van der Waals surface area contributed by atoms with Crippen molar-refractivity contribution >= 4 is 5.91 Å². The summed E-state index contributed by atoms with van der Waals surface area (Å²) in [5.74, 6) is 0.739. The summed E-state index contributed by atoms with van der Waals surface area (Å²) in [4.78, 5) is 14.4. The number of aliphatic hydroxyl groups is 1. The minimum absolute atomic E-state index is 0.0160. The van der Waals surface area contributed by atoms with Crippen LogP contribution in [0.5, 0.6) is 0 Å². The van der Waals surface area contributed by atoms with Crippen molar-refractivity contribution < 1.29 is 14.3 Å². The molecule has 2 N–H and O–H groups in total. The fourth-order valence-corrected chi connectivity index (χ4v) is 2.76. The van der Waals surface area contributed by atoms with Crippen molar-refractivity contribution in [1.82, 2.24) is 15.1 Å². The van der Waals surface area contributed by atoms with E-state index in [1.807, 2.05) is 26.8 Å². The first kappa shape index (κ1) is 17.3. The molecule has 1 amide bonds. The molecule has 0 saturated carbocycles. The zero-order chi connectivity index (χ0) is 16.8. The molecule has 2 aromatic rings. The highest BCUT2D eigenvalue weighted by molar-refractivity contribution is 5.76. The first-order valence-electron chi connectivity index (χ1n) is 8.00. The van der Waals surface area contributed by atoms with Crippen LogP contribution in [0.15, 0.2) is 22.8 Å². The number of nitrogens with one attached hydrogen (secondary N) is 1. The molecule has 0 radical (unpaired) electrons. The predicted molar refractivity (Wildman–Crippen MR) is 86.8 cm³/mol. The van der Waals surface area contributed by atoms with Gasteiger partial charge < -0.3 is 14.4 Å². The van der Waals surface area contributed by atoms with E-state index in [2.05, 4.69) is 10.2 Å². The summed E-state index contributed by atoms with van der Waals surface area (Å²) >= 11 is 0. The first-order chi connectivity index (χ1) is 11.1. The highest BCUT2D eigenvalue weighted by Gasteiger charge is 2.23. The van der Waals surface area contributed by atoms with Gasteiger partial charge in [-0.2, -0.15) is 5.10 Å². The number of carbonyl (C=O) groups excluding carboxylic acids is 1. The zero-order valence-electron chi connectivity index (χ0n) is 14.0. The molecule has 2 heterocycles. The number of aromatic nitrogens is 2. The van der Waals surface area contributed by atoms with Gasteiger partial charge in [-0.05, 0) is 44.4 Å². The summed E-state index contributed by atoms with van der Waals surface area (Å²) in [6.45, 7) is 6.20. The first-order valence-corrected chi connectivity index (χ1v) is 8.00. The maximum Gasteiger partial charge on any atom is 0.223 e. The number of amides is 1. The van der Waals surface area contributed by atoms with Crippen LogP contribution in [0.3, 0.4) is 0 Å². The molecule has 6 nitrogen and oxygen atoms in total. The zero-order valence-corrected chi connectivity index (χ0v) is 14.0. The Labute approximate surface area is 136 Å². The number of hydrogen-bond acceptors (Lipinski definition) is 4. The lowest BCUT2D eigenvalue weighted by molar-refractivity contribution is -0.135. The van der Waals surface area contributed by atoms with Crippen molar-refractivity contribution in [3.05, 3.63) is 41.1 Å². The fraction of sp³-hybridized carbons (Fsp3) is 0.529. The molecule has 0 aromatic carbocycles. The molecule has 0 bridgehead atoms. The van der Waals surface area contributed by atoms with E-state index < -0.39 is 0 Å². The van der Waals surface area contributed by atoms with E-state index in [4.69, 9.17) is 4.42 Å². The molecule has 0 spiro atoms. The summed E-state index contributed by atoms with van der Waals surface area (Å²) in [5, 5.41) is 16.7. The van der Waals surface area contributed by atoms with Crippen LogP contribution in [0.1, 0.15) is 42.5 Å². The van der Waals surface area contributed by atoms with Crippen LogP contribution in [-0.2, 0) is 17.8 Å². The minimum Gasteiger partial charge on any atom is -0.467 e. The van der Waals surface area contributed by atoms with Crippen molar-refractivity contribution in [2.45, 2.75) is 52.6 Å². The number of aryl methyl sites for hydroxylation is 2. The van der Waals surface area contributed by atoms with Crippen LogP contribution in [0.4, 0.5) is 0 Å². The van der Waals surface area contributed by atoms with E-state index in [0.717, 1.165) is 22.7 Å². The third-order valence-corrected chi connectivity index (χ3v) is 4.22. The maximum atomic E-state index is 12.7. The van der Waals surface area contributed by atoms with Gasteiger partial charge in [-0.3, -0.25) is 9.89 Å². The summed E-state index contributed by atoms with van der Waals surface area (Å²) in [7, 11) is 0. The molecule has 0 saturated heterocycles. The second-order valence-corrected chi connectivity index (χ2v) is 5.76. The summed E-state index contributed by atoms with van der Waals surface area (Å²) in [5.41, 5.74) is 3.03. The number of nitrogens with zero attached hydrogens (tertiary/aromatic N) is 2. The van der Waals surface area contributed by atoms with Gasteiger partial charge in [-0.25, -0.2) is 0 Å². The Hall–Kier alpha value is -2.08. The third-order valence-electron chi connectivity index (χ3n) is 4.22. The molecular weight excluding hydrogens is 294 g/mol. The molecule has 23 heavy (non-hydrogen) atoms. The smallest absolute Gasteiger partial charge is 0.223 e. The van der Waals surface area contributed by atoms with Crippen molar-refractivity contribution in [1.29, 1.82) is 0 Å². The molecule has 0 aliphatic rings. The highest BCUT2D eigenvalue weighted by Crippen LogP contribution is 2.16. The summed E-state index contributed by atoms with van der Waals surface area (Å²) in [6, 6.07) is 3.45. The Bertz CT molecular complexity index is 596. The molecule has 0 unspecified atom stereocenters. The standard InChI is InChI=1S/C17H25N3O3/c1-4-14(11-21)20(10-15-6-5-9-23-15)17(22)8-7-16-12(2)18-19-13(16)3/h5-6,9,14,21H,4,7-8,10-11H2,1-3H3,(H,18,19)/t14-/m1/s1. The van der Waals surface area contributed by atoms with E-state index >= 15 is 0 Å². The van der Waals surface area contributed by atoms with Crippen molar-refractivity contribution in [2.75, 3.05) is 6.61 Å². The number of rotatable bonds is 8. The van der Waals surface area contributed by atoms with Crippen molar-refractivity contribution in [3.8, 4) is 0 Å². The summed E-state index contributed by atoms with van der Waals surface area (Å²) in [6.07, 6.45) is 3.32. The molecular formula is C17H25N3O3. The van der Waals surface area contributed by atoms with E-state index in [1.54, 1.807) is 17.2 Å². The predicted octanol–water partition coefficient (Wildman–Crippen LogP) is 2.35. The second kappa shape index (κ2) is 7.97. The minimum atomic E-state index is -0.195. The highest BCUT2D eigenvalue weighted by atomic mass is 16.3. The largest absolute Gasteiger partial charge is 0.467 e. The van der Waals surface area contributed by atoms with E-state index in [0.29, 0.717) is 25.8 Å². The van der Waals surface area contributed by atoms with Crippen LogP contribution < -0.4 is 0 Å². The number of furan rings is 1. The third kappa shape index (κ3) is 4.22. The second-order valence-electron chi connectivity index (χ2n) is 5.76. The lowest BCUT2D eigenvalue weighted by Crippen LogP contribution is -2.41. The quantitative estimate of drug-likeness (QED) is 0.782. The maximum absolute atomic E-state index is 12.7. The molecule has 126 valence electrons. The van der Waals surface area contributed by atoms with Crippen LogP contribution >= 0.6 is 0 Å². The molecule has 6 heteroatoms. The van der Waals surface area contributed by atoms with Crippen LogP contribution in [0.25, 0.3) is 0 Å². The molecule has 0 fully saturated rings. The van der Waals surface area contributed by atoms with Crippen molar-refractivity contribution in [3.63, 3.8) is 0 Å². The van der Waals surface area contributed by atoms with Gasteiger partial charge in [-0.15, -0.1) is 0 Å². The van der Waals surface area contributed by atoms with Gasteiger partial charge >= 0.3 is 0 Å². The van der Waals surface area contributed by atoms with Crippen LogP contribution in [0.2, 0.25) is 0 Å². The number of carbonyl (C=O) groups is 1. The Morgan fingerprint density at radius 1 is 1.48 bits per heavy atom. The van der Waals surface area contributed by atoms with Gasteiger partial charge in [0, 0.05) is 12.1 Å². The van der Waals surface area contributed by atoms with Crippen LogP contribution in [-0.4, -0.2) is 38.8 Å². The SMILES string of the molecule is CC[C@H](CO)N(Cc1ccco1)C(=O)CCc1c(C)n[nH]c1C. The van der Waals surface area contributed by atoms with E-state index in [-0.39, 0.29) is 18.6 Å². The van der Waals surface area contributed by atoms with Gasteiger partial charge in [0.2, 0.25) is 5.91 Å². The normalized spacial score (nSPS) is 12.3. The van der Waals surface area contributed by atoms with Gasteiger partial charge in [-0.1, -0.05) is 6.92 Å². The Morgan fingerprint density at radius 2 is 2.26 bits per heavy atom. The Balaban J connectivity index is 2.06. The van der Waals surface area contributed by atoms with Crippen molar-refractivity contribution in [2.24, 2.45) is 0 Å². The summed E-state index contributed by atoms with van der Waals surface area (Å²) < 4.78 is 5.35. The average molecular weight is 319 g/mol. The molecule has 0 aliphatic heterocycles.